The number of hydrogen-bond donors (Lipinski definition) is 0. The molecule has 1 amide bonds. The number of ether oxygens (including phenoxy) is 1. The molecule has 4 nitrogen and oxygen atoms in total. The fraction of sp³-hybridized carbons (Fsp3) is 0.500. The second-order valence-electron chi connectivity index (χ2n) is 5.80. The number of carbonyl (C=O) groups is 2. The van der Waals surface area contributed by atoms with Gasteiger partial charge in [0.2, 0.25) is 0 Å². The largest absolute Gasteiger partial charge is 0.471 e. The van der Waals surface area contributed by atoms with E-state index in [1.165, 1.54) is 0 Å². The Morgan fingerprint density at radius 3 is 2.50 bits per heavy atom. The van der Waals surface area contributed by atoms with Crippen LogP contribution in [0, 0.1) is 5.92 Å². The van der Waals surface area contributed by atoms with Crippen molar-refractivity contribution in [3.05, 3.63) is 34.3 Å². The van der Waals surface area contributed by atoms with Crippen LogP contribution in [0.4, 0.5) is 13.2 Å². The third kappa shape index (κ3) is 3.74. The normalized spacial score (nSPS) is 24.6. The molecule has 1 saturated heterocycles. The lowest BCUT2D eigenvalue weighted by molar-refractivity contribution is -0.197. The van der Waals surface area contributed by atoms with Gasteiger partial charge in [-0.2, -0.15) is 13.2 Å². The topological polar surface area (TPSA) is 46.6 Å². The van der Waals surface area contributed by atoms with Crippen LogP contribution in [0.15, 0.2) is 28.7 Å². The van der Waals surface area contributed by atoms with Gasteiger partial charge in [0.05, 0.1) is 13.2 Å². The van der Waals surface area contributed by atoms with Crippen LogP contribution < -0.4 is 0 Å². The van der Waals surface area contributed by atoms with Crippen molar-refractivity contribution in [3.8, 4) is 0 Å². The first-order chi connectivity index (χ1) is 11.2. The highest BCUT2D eigenvalue weighted by molar-refractivity contribution is 9.10. The van der Waals surface area contributed by atoms with Gasteiger partial charge in [-0.05, 0) is 36.5 Å². The van der Waals surface area contributed by atoms with Gasteiger partial charge in [-0.3, -0.25) is 4.79 Å². The number of carbonyl (C=O) groups excluding carboxylic acids is 2. The number of piperidine rings is 1. The smallest absolute Gasteiger partial charge is 0.467 e. The Morgan fingerprint density at radius 2 is 1.96 bits per heavy atom. The van der Waals surface area contributed by atoms with Crippen molar-refractivity contribution in [2.75, 3.05) is 7.11 Å². The van der Waals surface area contributed by atoms with E-state index in [4.69, 9.17) is 0 Å². The molecule has 1 aliphatic heterocycles. The Labute approximate surface area is 146 Å². The zero-order valence-electron chi connectivity index (χ0n) is 13.1. The summed E-state index contributed by atoms with van der Waals surface area (Å²) in [7, 11) is 1.10. The maximum Gasteiger partial charge on any atom is 0.471 e. The van der Waals surface area contributed by atoms with E-state index in [0.717, 1.165) is 7.11 Å². The van der Waals surface area contributed by atoms with Crippen LogP contribution in [0.3, 0.4) is 0 Å². The summed E-state index contributed by atoms with van der Waals surface area (Å²) < 4.78 is 44.7. The second-order valence-corrected chi connectivity index (χ2v) is 6.72. The second kappa shape index (κ2) is 7.13. The van der Waals surface area contributed by atoms with Crippen LogP contribution in [0.2, 0.25) is 0 Å². The van der Waals surface area contributed by atoms with Crippen LogP contribution in [0.1, 0.15) is 31.4 Å². The van der Waals surface area contributed by atoms with E-state index in [-0.39, 0.29) is 12.3 Å². The Hall–Kier alpha value is -1.57. The van der Waals surface area contributed by atoms with E-state index in [9.17, 15) is 22.8 Å². The molecule has 0 N–H and O–H groups in total. The molecule has 1 aromatic carbocycles. The summed E-state index contributed by atoms with van der Waals surface area (Å²) in [4.78, 5) is 24.7. The zero-order chi connectivity index (χ0) is 18.1. The number of benzene rings is 1. The number of hydrogen-bond acceptors (Lipinski definition) is 3. The van der Waals surface area contributed by atoms with Gasteiger partial charge >= 0.3 is 18.1 Å². The number of esters is 1. The minimum Gasteiger partial charge on any atom is -0.467 e. The van der Waals surface area contributed by atoms with E-state index < -0.39 is 30.1 Å². The SMILES string of the molecule is COC(=O)[C@@H]1CC[C@@H](C)[C@H](c2cccc(Br)c2)N1C(=O)C(F)(F)F. The van der Waals surface area contributed by atoms with Gasteiger partial charge in [-0.1, -0.05) is 35.0 Å². The number of amides is 1. The molecule has 0 aromatic heterocycles. The maximum atomic E-state index is 13.1. The number of nitrogens with zero attached hydrogens (tertiary/aromatic N) is 1. The molecule has 132 valence electrons. The molecule has 3 atom stereocenters. The lowest BCUT2D eigenvalue weighted by atomic mass is 9.82. The third-order valence-electron chi connectivity index (χ3n) is 4.21. The van der Waals surface area contributed by atoms with E-state index in [2.05, 4.69) is 20.7 Å². The van der Waals surface area contributed by atoms with Gasteiger partial charge in [0, 0.05) is 4.47 Å². The highest BCUT2D eigenvalue weighted by Crippen LogP contribution is 2.41. The van der Waals surface area contributed by atoms with Gasteiger partial charge in [0.15, 0.2) is 0 Å². The minimum atomic E-state index is -5.06. The van der Waals surface area contributed by atoms with Gasteiger partial charge in [-0.25, -0.2) is 4.79 Å². The third-order valence-corrected chi connectivity index (χ3v) is 4.70. The molecule has 1 fully saturated rings. The predicted octanol–water partition coefficient (Wildman–Crippen LogP) is 3.85. The van der Waals surface area contributed by atoms with Gasteiger partial charge < -0.3 is 9.64 Å². The number of alkyl halides is 3. The Kier molecular flexibility index (Phi) is 5.57. The molecule has 24 heavy (non-hydrogen) atoms. The monoisotopic (exact) mass is 407 g/mol. The standard InChI is InChI=1S/C16H17BrF3NO3/c1-9-6-7-12(14(22)24-2)21(15(23)16(18,19)20)13(9)10-4-3-5-11(17)8-10/h3-5,8-9,12-13H,6-7H2,1-2H3/t9-,12+,13-/m1/s1. The van der Waals surface area contributed by atoms with Crippen LogP contribution in [0.25, 0.3) is 0 Å². The van der Waals surface area contributed by atoms with Crippen molar-refractivity contribution in [1.29, 1.82) is 0 Å². The van der Waals surface area contributed by atoms with Crippen LogP contribution >= 0.6 is 15.9 Å². The summed E-state index contributed by atoms with van der Waals surface area (Å²) in [5.74, 6) is -3.08. The van der Waals surface area contributed by atoms with Crippen LogP contribution in [0.5, 0.6) is 0 Å². The average molecular weight is 408 g/mol. The van der Waals surface area contributed by atoms with Crippen molar-refractivity contribution in [3.63, 3.8) is 0 Å². The van der Waals surface area contributed by atoms with E-state index >= 15 is 0 Å². The summed E-state index contributed by atoms with van der Waals surface area (Å²) in [5, 5.41) is 0. The van der Waals surface area contributed by atoms with Crippen molar-refractivity contribution < 1.29 is 27.5 Å². The van der Waals surface area contributed by atoms with Crippen LogP contribution in [-0.4, -0.2) is 36.1 Å². The summed E-state index contributed by atoms with van der Waals surface area (Å²) in [6, 6.07) is 4.65. The minimum absolute atomic E-state index is 0.139. The number of methoxy groups -OCH3 is 1. The molecule has 1 aromatic rings. The number of rotatable bonds is 2. The average Bonchev–Trinajstić information content (AvgIpc) is 2.52. The molecule has 0 radical (unpaired) electrons. The van der Waals surface area contributed by atoms with E-state index in [1.54, 1.807) is 31.2 Å². The summed E-state index contributed by atoms with van der Waals surface area (Å²) in [5.41, 5.74) is 0.545. The molecule has 0 unspecified atom stereocenters. The molecule has 0 spiro atoms. The summed E-state index contributed by atoms with van der Waals surface area (Å²) >= 11 is 3.29. The first kappa shape index (κ1) is 18.8. The lowest BCUT2D eigenvalue weighted by Gasteiger charge is -2.44. The summed E-state index contributed by atoms with van der Waals surface area (Å²) in [6.45, 7) is 1.77. The molecule has 1 aliphatic rings. The fourth-order valence-corrected chi connectivity index (χ4v) is 3.56. The Bertz CT molecular complexity index is 635. The zero-order valence-corrected chi connectivity index (χ0v) is 14.7. The Balaban J connectivity index is 2.53. The molecule has 8 heteroatoms. The Morgan fingerprint density at radius 1 is 1.29 bits per heavy atom. The molecule has 0 saturated carbocycles. The highest BCUT2D eigenvalue weighted by atomic mass is 79.9. The maximum absolute atomic E-state index is 13.1. The van der Waals surface area contributed by atoms with Crippen molar-refractivity contribution >= 4 is 27.8 Å². The van der Waals surface area contributed by atoms with Gasteiger partial charge in [0.1, 0.15) is 6.04 Å². The fourth-order valence-electron chi connectivity index (χ4n) is 3.15. The van der Waals surface area contributed by atoms with Crippen molar-refractivity contribution in [1.82, 2.24) is 4.90 Å². The lowest BCUT2D eigenvalue weighted by Crippen LogP contribution is -2.56. The first-order valence-electron chi connectivity index (χ1n) is 7.39. The van der Waals surface area contributed by atoms with E-state index in [1.807, 2.05) is 0 Å². The predicted molar refractivity (Wildman–Crippen MR) is 84.0 cm³/mol. The molecule has 0 aliphatic carbocycles. The quantitative estimate of drug-likeness (QED) is 0.699. The molecule has 2 rings (SSSR count). The van der Waals surface area contributed by atoms with Crippen LogP contribution in [-0.2, 0) is 14.3 Å². The van der Waals surface area contributed by atoms with Gasteiger partial charge in [0.25, 0.3) is 0 Å². The van der Waals surface area contributed by atoms with Gasteiger partial charge in [-0.15, -0.1) is 0 Å². The molecule has 1 heterocycles. The molecular formula is C16H17BrF3NO3. The number of halogens is 4. The van der Waals surface area contributed by atoms with E-state index in [0.29, 0.717) is 21.4 Å². The van der Waals surface area contributed by atoms with Crippen molar-refractivity contribution in [2.24, 2.45) is 5.92 Å². The number of likely N-dealkylation sites (tertiary alicyclic amines) is 1. The first-order valence-corrected chi connectivity index (χ1v) is 8.19. The van der Waals surface area contributed by atoms with Crippen molar-refractivity contribution in [2.45, 2.75) is 38.0 Å². The molecular weight excluding hydrogens is 391 g/mol. The molecule has 0 bridgehead atoms. The summed E-state index contributed by atoms with van der Waals surface area (Å²) in [6.07, 6.45) is -4.41. The highest BCUT2D eigenvalue weighted by Gasteiger charge is 2.51.